The van der Waals surface area contributed by atoms with Gasteiger partial charge in [-0.1, -0.05) is 0 Å². The fourth-order valence-corrected chi connectivity index (χ4v) is 4.90. The SMILES string of the molecule is O=C(CCN1CCOCC1)NNC1=C2CC3CC(C2)CC1C3. The summed E-state index contributed by atoms with van der Waals surface area (Å²) >= 11 is 0. The molecule has 5 rings (SSSR count). The van der Waals surface area contributed by atoms with Crippen LogP contribution in [0.25, 0.3) is 0 Å². The Kier molecular flexibility index (Phi) is 4.09. The van der Waals surface area contributed by atoms with Crippen molar-refractivity contribution >= 4 is 5.91 Å². The number of carbonyl (C=O) groups is 1. The number of hydrogen-bond acceptors (Lipinski definition) is 4. The lowest BCUT2D eigenvalue weighted by atomic mass is 9.60. The third-order valence-corrected chi connectivity index (χ3v) is 5.86. The number of morpholine rings is 1. The monoisotopic (exact) mass is 305 g/mol. The van der Waals surface area contributed by atoms with Gasteiger partial charge < -0.3 is 10.2 Å². The Morgan fingerprint density at radius 3 is 2.55 bits per heavy atom. The lowest BCUT2D eigenvalue weighted by molar-refractivity contribution is -0.122. The number of hydrogen-bond donors (Lipinski definition) is 2. The van der Waals surface area contributed by atoms with Gasteiger partial charge in [-0.15, -0.1) is 0 Å². The molecule has 0 aromatic rings. The molecular weight excluding hydrogens is 278 g/mol. The maximum absolute atomic E-state index is 12.1. The third-order valence-electron chi connectivity index (χ3n) is 5.86. The Morgan fingerprint density at radius 2 is 1.86 bits per heavy atom. The van der Waals surface area contributed by atoms with Crippen LogP contribution in [-0.2, 0) is 9.53 Å². The molecule has 5 heteroatoms. The van der Waals surface area contributed by atoms with Crippen molar-refractivity contribution < 1.29 is 9.53 Å². The predicted molar refractivity (Wildman–Crippen MR) is 83.7 cm³/mol. The highest BCUT2D eigenvalue weighted by molar-refractivity contribution is 5.75. The molecule has 4 bridgehead atoms. The lowest BCUT2D eigenvalue weighted by Gasteiger charge is -2.47. The van der Waals surface area contributed by atoms with E-state index >= 15 is 0 Å². The molecule has 2 atom stereocenters. The Labute approximate surface area is 132 Å². The standard InChI is InChI=1S/C17H27N3O2/c21-16(1-2-20-3-5-22-6-4-20)18-19-17-14-8-12-7-13(10-14)11-15(17)9-12/h12-14,19H,1-11H2,(H,18,21). The van der Waals surface area contributed by atoms with Crippen molar-refractivity contribution in [2.45, 2.75) is 38.5 Å². The predicted octanol–water partition coefficient (Wildman–Crippen LogP) is 1.42. The van der Waals surface area contributed by atoms with Crippen molar-refractivity contribution in [2.75, 3.05) is 32.8 Å². The molecule has 3 fully saturated rings. The topological polar surface area (TPSA) is 53.6 Å². The first-order valence-corrected chi connectivity index (χ1v) is 8.85. The molecule has 5 aliphatic rings. The van der Waals surface area contributed by atoms with Crippen molar-refractivity contribution in [2.24, 2.45) is 17.8 Å². The number of amides is 1. The molecule has 2 saturated carbocycles. The van der Waals surface area contributed by atoms with Crippen LogP contribution in [0.1, 0.15) is 38.5 Å². The van der Waals surface area contributed by atoms with Gasteiger partial charge in [-0.3, -0.25) is 15.1 Å². The summed E-state index contributed by atoms with van der Waals surface area (Å²) in [6, 6.07) is 0. The van der Waals surface area contributed by atoms with Crippen LogP contribution in [0.15, 0.2) is 11.3 Å². The maximum atomic E-state index is 12.1. The lowest BCUT2D eigenvalue weighted by Crippen LogP contribution is -2.46. The van der Waals surface area contributed by atoms with E-state index in [0.717, 1.165) is 44.7 Å². The molecule has 122 valence electrons. The van der Waals surface area contributed by atoms with Gasteiger partial charge in [-0.05, 0) is 49.5 Å². The van der Waals surface area contributed by atoms with Crippen molar-refractivity contribution in [3.8, 4) is 0 Å². The van der Waals surface area contributed by atoms with Gasteiger partial charge in [0.2, 0.25) is 5.91 Å². The van der Waals surface area contributed by atoms with Crippen LogP contribution in [-0.4, -0.2) is 43.7 Å². The number of ether oxygens (including phenoxy) is 1. The van der Waals surface area contributed by atoms with Crippen LogP contribution >= 0.6 is 0 Å². The highest BCUT2D eigenvalue weighted by Crippen LogP contribution is 2.52. The maximum Gasteiger partial charge on any atom is 0.239 e. The highest BCUT2D eigenvalue weighted by Gasteiger charge is 2.41. The molecule has 2 N–H and O–H groups in total. The zero-order valence-electron chi connectivity index (χ0n) is 13.3. The van der Waals surface area contributed by atoms with E-state index in [1.54, 1.807) is 5.57 Å². The number of allylic oxidation sites excluding steroid dienone is 2. The van der Waals surface area contributed by atoms with Crippen LogP contribution < -0.4 is 10.9 Å². The summed E-state index contributed by atoms with van der Waals surface area (Å²) in [5.41, 5.74) is 9.18. The summed E-state index contributed by atoms with van der Waals surface area (Å²) in [6.07, 6.45) is 7.18. The third kappa shape index (κ3) is 3.01. The van der Waals surface area contributed by atoms with E-state index < -0.39 is 0 Å². The van der Waals surface area contributed by atoms with Gasteiger partial charge in [0, 0.05) is 37.7 Å². The quantitative estimate of drug-likeness (QED) is 0.755. The minimum absolute atomic E-state index is 0.105. The zero-order chi connectivity index (χ0) is 14.9. The normalized spacial score (nSPS) is 34.1. The van der Waals surface area contributed by atoms with Gasteiger partial charge in [-0.25, -0.2) is 0 Å². The van der Waals surface area contributed by atoms with Gasteiger partial charge in [0.05, 0.1) is 13.2 Å². The van der Waals surface area contributed by atoms with E-state index in [1.807, 2.05) is 0 Å². The van der Waals surface area contributed by atoms with E-state index in [-0.39, 0.29) is 5.91 Å². The second kappa shape index (κ2) is 6.20. The van der Waals surface area contributed by atoms with Gasteiger partial charge >= 0.3 is 0 Å². The smallest absolute Gasteiger partial charge is 0.239 e. The van der Waals surface area contributed by atoms with Gasteiger partial charge in [-0.2, -0.15) is 0 Å². The second-order valence-electron chi connectivity index (χ2n) is 7.44. The van der Waals surface area contributed by atoms with Crippen molar-refractivity contribution in [3.63, 3.8) is 0 Å². The molecule has 1 aliphatic heterocycles. The summed E-state index contributed by atoms with van der Waals surface area (Å²) in [6.45, 7) is 4.30. The first-order valence-electron chi connectivity index (χ1n) is 8.85. The molecule has 5 nitrogen and oxygen atoms in total. The van der Waals surface area contributed by atoms with Crippen LogP contribution in [0.5, 0.6) is 0 Å². The average molecular weight is 305 g/mol. The van der Waals surface area contributed by atoms with E-state index in [2.05, 4.69) is 15.8 Å². The first kappa shape index (κ1) is 14.5. The molecule has 0 radical (unpaired) electrons. The molecule has 2 unspecified atom stereocenters. The van der Waals surface area contributed by atoms with Crippen LogP contribution in [0.3, 0.4) is 0 Å². The Hall–Kier alpha value is -1.07. The number of nitrogens with zero attached hydrogens (tertiary/aromatic N) is 1. The van der Waals surface area contributed by atoms with Crippen LogP contribution in [0.2, 0.25) is 0 Å². The molecule has 0 spiro atoms. The number of hydrazine groups is 1. The van der Waals surface area contributed by atoms with Gasteiger partial charge in [0.1, 0.15) is 0 Å². The van der Waals surface area contributed by atoms with Crippen LogP contribution in [0, 0.1) is 17.8 Å². The Balaban J connectivity index is 1.25. The summed E-state index contributed by atoms with van der Waals surface area (Å²) in [5, 5.41) is 0. The van der Waals surface area contributed by atoms with E-state index in [0.29, 0.717) is 12.3 Å². The summed E-state index contributed by atoms with van der Waals surface area (Å²) in [4.78, 5) is 14.4. The molecule has 0 aromatic carbocycles. The first-order chi connectivity index (χ1) is 10.8. The Bertz CT molecular complexity index is 455. The summed E-state index contributed by atoms with van der Waals surface area (Å²) in [5.74, 6) is 2.64. The van der Waals surface area contributed by atoms with E-state index in [1.165, 1.54) is 37.8 Å². The van der Waals surface area contributed by atoms with Crippen molar-refractivity contribution in [3.05, 3.63) is 11.3 Å². The minimum atomic E-state index is 0.105. The fourth-order valence-electron chi connectivity index (χ4n) is 4.90. The average Bonchev–Trinajstić information content (AvgIpc) is 2.52. The summed E-state index contributed by atoms with van der Waals surface area (Å²) in [7, 11) is 0. The Morgan fingerprint density at radius 1 is 1.14 bits per heavy atom. The second-order valence-corrected chi connectivity index (χ2v) is 7.44. The number of carbonyl (C=O) groups excluding carboxylic acids is 1. The molecule has 4 aliphatic carbocycles. The van der Waals surface area contributed by atoms with Crippen molar-refractivity contribution in [1.82, 2.24) is 15.8 Å². The van der Waals surface area contributed by atoms with Gasteiger partial charge in [0.25, 0.3) is 0 Å². The minimum Gasteiger partial charge on any atom is -0.379 e. The largest absolute Gasteiger partial charge is 0.379 e. The van der Waals surface area contributed by atoms with E-state index in [4.69, 9.17) is 4.74 Å². The summed E-state index contributed by atoms with van der Waals surface area (Å²) < 4.78 is 5.33. The fraction of sp³-hybridized carbons (Fsp3) is 0.824. The molecular formula is C17H27N3O2. The number of rotatable bonds is 5. The molecule has 0 aromatic heterocycles. The highest BCUT2D eigenvalue weighted by atomic mass is 16.5. The van der Waals surface area contributed by atoms with E-state index in [9.17, 15) is 4.79 Å². The van der Waals surface area contributed by atoms with Crippen molar-refractivity contribution in [1.29, 1.82) is 0 Å². The molecule has 1 amide bonds. The molecule has 22 heavy (non-hydrogen) atoms. The molecule has 1 heterocycles. The van der Waals surface area contributed by atoms with Gasteiger partial charge in [0.15, 0.2) is 0 Å². The molecule has 1 saturated heterocycles. The van der Waals surface area contributed by atoms with Crippen LogP contribution in [0.4, 0.5) is 0 Å². The number of nitrogens with one attached hydrogen (secondary N) is 2. The zero-order valence-corrected chi connectivity index (χ0v) is 13.3.